The number of hydrogen-bond acceptors (Lipinski definition) is 2. The van der Waals surface area contributed by atoms with E-state index in [1.807, 2.05) is 0 Å². The fraction of sp³-hybridized carbons (Fsp3) is 0. The van der Waals surface area contributed by atoms with Crippen LogP contribution in [0.3, 0.4) is 0 Å². The summed E-state index contributed by atoms with van der Waals surface area (Å²) in [6, 6.07) is 2.60. The summed E-state index contributed by atoms with van der Waals surface area (Å²) >= 11 is 48.0. The molecule has 2 N–H and O–H groups in total. The second-order valence-corrected chi connectivity index (χ2v) is 7.68. The molecule has 0 heterocycles. The molecule has 0 aliphatic rings. The molecule has 0 spiro atoms. The highest BCUT2D eigenvalue weighted by atomic mass is 35.5. The van der Waals surface area contributed by atoms with E-state index in [0.29, 0.717) is 0 Å². The summed E-state index contributed by atoms with van der Waals surface area (Å²) < 4.78 is -0.241. The molecule has 128 valence electrons. The Balaban J connectivity index is 2.88. The summed E-state index contributed by atoms with van der Waals surface area (Å²) in [5, 5.41) is 18.8. The highest BCUT2D eigenvalue weighted by Gasteiger charge is 2.24. The van der Waals surface area contributed by atoms with Gasteiger partial charge in [0.25, 0.3) is 0 Å². The predicted molar refractivity (Wildman–Crippen MR) is 104 cm³/mol. The van der Waals surface area contributed by atoms with Gasteiger partial charge in [-0.3, -0.25) is 0 Å². The zero-order valence-corrected chi connectivity index (χ0v) is 17.1. The van der Waals surface area contributed by atoms with E-state index in [4.69, 9.17) is 92.8 Å². The van der Waals surface area contributed by atoms with Gasteiger partial charge >= 0.3 is 0 Å². The number of benzene rings is 2. The number of rotatable bonds is 2. The van der Waals surface area contributed by atoms with Crippen LogP contribution in [0.2, 0.25) is 30.1 Å². The third-order valence-electron chi connectivity index (χ3n) is 3.00. The Labute approximate surface area is 177 Å². The Morgan fingerprint density at radius 1 is 0.625 bits per heavy atom. The van der Waals surface area contributed by atoms with Gasteiger partial charge in [-0.1, -0.05) is 92.8 Å². The molecule has 0 radical (unpaired) electrons. The minimum Gasteiger partial charge on any atom is -0.505 e. The highest BCUT2D eigenvalue weighted by Crippen LogP contribution is 2.49. The molecule has 0 saturated carbocycles. The summed E-state index contributed by atoms with van der Waals surface area (Å²) in [6.45, 7) is 0. The summed E-state index contributed by atoms with van der Waals surface area (Å²) in [5.74, 6) is -0.796. The molecule has 0 aliphatic carbocycles. The van der Waals surface area contributed by atoms with Crippen LogP contribution in [0.1, 0.15) is 11.1 Å². The number of hydrogen-bond donors (Lipinski definition) is 2. The topological polar surface area (TPSA) is 40.5 Å². The fourth-order valence-electron chi connectivity index (χ4n) is 1.88. The molecular weight excluding hydrogens is 484 g/mol. The second-order valence-electron chi connectivity index (χ2n) is 4.40. The molecule has 0 aromatic heterocycles. The molecule has 0 unspecified atom stereocenters. The van der Waals surface area contributed by atoms with Gasteiger partial charge in [0.15, 0.2) is 11.5 Å². The normalized spacial score (nSPS) is 10.8. The third-order valence-corrected chi connectivity index (χ3v) is 5.67. The molecule has 2 aromatic carbocycles. The Bertz CT molecular complexity index is 807. The molecule has 0 saturated heterocycles. The maximum absolute atomic E-state index is 9.75. The lowest BCUT2D eigenvalue weighted by Gasteiger charge is -2.16. The highest BCUT2D eigenvalue weighted by molar-refractivity contribution is 6.60. The minimum absolute atomic E-state index is 0.0660. The first-order chi connectivity index (χ1) is 11.1. The smallest absolute Gasteiger partial charge is 0.154 e. The van der Waals surface area contributed by atoms with Crippen molar-refractivity contribution in [3.8, 4) is 11.5 Å². The van der Waals surface area contributed by atoms with Gasteiger partial charge in [0, 0.05) is 16.7 Å². The van der Waals surface area contributed by atoms with Crippen molar-refractivity contribution in [3.05, 3.63) is 57.9 Å². The van der Waals surface area contributed by atoms with Crippen LogP contribution in [0.15, 0.2) is 16.6 Å². The van der Waals surface area contributed by atoms with Crippen LogP contribution in [0, 0.1) is 0 Å². The van der Waals surface area contributed by atoms with E-state index in [1.54, 1.807) is 0 Å². The molecule has 10 heteroatoms. The first-order valence-electron chi connectivity index (χ1n) is 5.86. The van der Waals surface area contributed by atoms with E-state index >= 15 is 0 Å². The van der Waals surface area contributed by atoms with Gasteiger partial charge in [0.2, 0.25) is 0 Å². The maximum atomic E-state index is 9.75. The number of halogens is 8. The first-order valence-corrected chi connectivity index (χ1v) is 8.89. The Kier molecular flexibility index (Phi) is 6.61. The van der Waals surface area contributed by atoms with Crippen LogP contribution in [-0.4, -0.2) is 10.2 Å². The molecule has 0 bridgehead atoms. The van der Waals surface area contributed by atoms with Crippen LogP contribution in [0.4, 0.5) is 0 Å². The SMILES string of the molecule is Oc1c(Cl)cc(C(=C(Cl)Cl)c2cc(Cl)c(O)c(Cl)c2Cl)c(Cl)c1Cl. The lowest BCUT2D eigenvalue weighted by Crippen LogP contribution is -1.94. The molecule has 2 nitrogen and oxygen atoms in total. The van der Waals surface area contributed by atoms with Crippen molar-refractivity contribution < 1.29 is 10.2 Å². The van der Waals surface area contributed by atoms with Gasteiger partial charge in [-0.05, 0) is 12.1 Å². The van der Waals surface area contributed by atoms with Crippen LogP contribution in [-0.2, 0) is 0 Å². The molecule has 2 rings (SSSR count). The summed E-state index contributed by atoms with van der Waals surface area (Å²) in [6.07, 6.45) is 0. The molecule has 0 atom stereocenters. The van der Waals surface area contributed by atoms with E-state index in [0.717, 1.165) is 0 Å². The number of phenolic OH excluding ortho intramolecular Hbond substituents is 2. The predicted octanol–water partition coefficient (Wildman–Crippen LogP) is 8.21. The monoisotopic (exact) mass is 484 g/mol. The number of aromatic hydroxyl groups is 2. The van der Waals surface area contributed by atoms with Gasteiger partial charge in [0.1, 0.15) is 14.5 Å². The van der Waals surface area contributed by atoms with E-state index in [1.165, 1.54) is 12.1 Å². The fourth-order valence-corrected chi connectivity index (χ4v) is 3.68. The number of phenols is 2. The summed E-state index contributed by atoms with van der Waals surface area (Å²) in [4.78, 5) is 0. The molecule has 2 aromatic rings. The van der Waals surface area contributed by atoms with Crippen molar-refractivity contribution in [2.24, 2.45) is 0 Å². The Morgan fingerprint density at radius 3 is 1.25 bits per heavy atom. The van der Waals surface area contributed by atoms with Crippen LogP contribution in [0.25, 0.3) is 5.57 Å². The van der Waals surface area contributed by atoms with E-state index < -0.39 is 11.5 Å². The zero-order valence-electron chi connectivity index (χ0n) is 11.1. The Morgan fingerprint density at radius 2 is 0.958 bits per heavy atom. The van der Waals surface area contributed by atoms with Gasteiger partial charge < -0.3 is 10.2 Å². The van der Waals surface area contributed by atoms with Gasteiger partial charge in [-0.25, -0.2) is 0 Å². The van der Waals surface area contributed by atoms with Crippen molar-refractivity contribution in [1.82, 2.24) is 0 Å². The summed E-state index contributed by atoms with van der Waals surface area (Å²) in [5.41, 5.74) is 0.481. The molecule has 0 fully saturated rings. The standard InChI is InChI=1S/C14H4Cl8O2/c15-5-1-3(8(17)10(19)12(5)23)7(14(21)22)4-2-6(16)13(24)11(20)9(4)18/h1-2,23-24H. The van der Waals surface area contributed by atoms with Crippen molar-refractivity contribution in [2.45, 2.75) is 0 Å². The first kappa shape index (κ1) is 20.4. The third kappa shape index (κ3) is 3.62. The largest absolute Gasteiger partial charge is 0.505 e. The lowest BCUT2D eigenvalue weighted by atomic mass is 9.98. The van der Waals surface area contributed by atoms with Crippen molar-refractivity contribution in [1.29, 1.82) is 0 Å². The van der Waals surface area contributed by atoms with Crippen molar-refractivity contribution in [3.63, 3.8) is 0 Å². The molecule has 0 amide bonds. The van der Waals surface area contributed by atoms with Gasteiger partial charge in [-0.15, -0.1) is 0 Å². The van der Waals surface area contributed by atoms with Crippen LogP contribution >= 0.6 is 92.8 Å². The minimum atomic E-state index is -0.398. The average molecular weight is 488 g/mol. The Hall–Kier alpha value is 0.1000. The van der Waals surface area contributed by atoms with Crippen molar-refractivity contribution >= 4 is 98.4 Å². The molecule has 0 aliphatic heterocycles. The maximum Gasteiger partial charge on any atom is 0.154 e. The molecular formula is C14H4Cl8O2. The van der Waals surface area contributed by atoms with Gasteiger partial charge in [0.05, 0.1) is 20.1 Å². The average Bonchev–Trinajstić information content (AvgIpc) is 2.52. The quantitative estimate of drug-likeness (QED) is 0.419. The summed E-state index contributed by atoms with van der Waals surface area (Å²) in [7, 11) is 0. The van der Waals surface area contributed by atoms with Crippen molar-refractivity contribution in [2.75, 3.05) is 0 Å². The van der Waals surface area contributed by atoms with Crippen LogP contribution in [0.5, 0.6) is 11.5 Å². The molecule has 24 heavy (non-hydrogen) atoms. The van der Waals surface area contributed by atoms with Gasteiger partial charge in [-0.2, -0.15) is 0 Å². The lowest BCUT2D eigenvalue weighted by molar-refractivity contribution is 0.475. The van der Waals surface area contributed by atoms with E-state index in [9.17, 15) is 10.2 Å². The van der Waals surface area contributed by atoms with Crippen LogP contribution < -0.4 is 0 Å². The van der Waals surface area contributed by atoms with E-state index in [2.05, 4.69) is 0 Å². The zero-order chi connectivity index (χ0) is 18.3. The van der Waals surface area contributed by atoms with E-state index in [-0.39, 0.29) is 51.3 Å². The second kappa shape index (κ2) is 7.77.